The molecule has 1 aromatic rings. The lowest BCUT2D eigenvalue weighted by atomic mass is 10.2. The Bertz CT molecular complexity index is 520. The first-order valence-corrected chi connectivity index (χ1v) is 6.26. The summed E-state index contributed by atoms with van der Waals surface area (Å²) in [6, 6.07) is 1.65. The van der Waals surface area contributed by atoms with Crippen LogP contribution < -0.4 is 5.32 Å². The minimum atomic E-state index is -1.08. The number of rotatable bonds is 5. The van der Waals surface area contributed by atoms with Gasteiger partial charge in [-0.3, -0.25) is 9.59 Å². The molecule has 19 heavy (non-hydrogen) atoms. The molecule has 0 aliphatic carbocycles. The van der Waals surface area contributed by atoms with Gasteiger partial charge in [-0.2, -0.15) is 0 Å². The fourth-order valence-corrected chi connectivity index (χ4v) is 1.99. The molecule has 0 aliphatic heterocycles. The quantitative estimate of drug-likeness (QED) is 0.777. The molecule has 7 heteroatoms. The molecule has 0 bridgehead atoms. The Morgan fingerprint density at radius 2 is 2.11 bits per heavy atom. The van der Waals surface area contributed by atoms with E-state index < -0.39 is 11.9 Å². The topological polar surface area (TPSA) is 86.7 Å². The zero-order valence-corrected chi connectivity index (χ0v) is 11.4. The van der Waals surface area contributed by atoms with Gasteiger partial charge in [0.15, 0.2) is 0 Å². The van der Waals surface area contributed by atoms with E-state index >= 15 is 0 Å². The average molecular weight is 282 g/mol. The molecule has 0 unspecified atom stereocenters. The van der Waals surface area contributed by atoms with E-state index in [4.69, 9.17) is 5.11 Å². The summed E-state index contributed by atoms with van der Waals surface area (Å²) in [6.45, 7) is -0.0915. The van der Waals surface area contributed by atoms with Crippen LogP contribution in [0, 0.1) is 0 Å². The molecule has 1 heterocycles. The molecule has 0 atom stereocenters. The molecule has 0 fully saturated rings. The highest BCUT2D eigenvalue weighted by Gasteiger charge is 2.13. The van der Waals surface area contributed by atoms with Gasteiger partial charge >= 0.3 is 5.97 Å². The van der Waals surface area contributed by atoms with Gasteiger partial charge in [0.25, 0.3) is 5.91 Å². The average Bonchev–Trinajstić information content (AvgIpc) is 2.81. The van der Waals surface area contributed by atoms with Crippen LogP contribution in [0.4, 0.5) is 0 Å². The number of nitrogens with one attached hydrogen (secondary N) is 1. The molecule has 0 spiro atoms. The van der Waals surface area contributed by atoms with E-state index in [1.165, 1.54) is 22.3 Å². The van der Waals surface area contributed by atoms with Crippen molar-refractivity contribution in [2.75, 3.05) is 20.6 Å². The second kappa shape index (κ2) is 6.69. The van der Waals surface area contributed by atoms with Gasteiger partial charge in [0.2, 0.25) is 5.91 Å². The van der Waals surface area contributed by atoms with E-state index in [2.05, 4.69) is 5.32 Å². The lowest BCUT2D eigenvalue weighted by molar-refractivity contribution is -0.131. The minimum absolute atomic E-state index is 0.0915. The maximum absolute atomic E-state index is 11.8. The first-order chi connectivity index (χ1) is 8.91. The number of carbonyl (C=O) groups is 3. The van der Waals surface area contributed by atoms with Crippen molar-refractivity contribution in [3.63, 3.8) is 0 Å². The number of hydrogen-bond donors (Lipinski definition) is 2. The number of hydrogen-bond acceptors (Lipinski definition) is 4. The summed E-state index contributed by atoms with van der Waals surface area (Å²) >= 11 is 1.19. The van der Waals surface area contributed by atoms with E-state index in [0.717, 1.165) is 6.08 Å². The number of carboxylic acids is 1. The summed E-state index contributed by atoms with van der Waals surface area (Å²) in [7, 11) is 3.20. The zero-order valence-electron chi connectivity index (χ0n) is 10.5. The SMILES string of the molecule is CN(C)C(=O)CNC(=O)c1sccc1C=CC(=O)O. The van der Waals surface area contributed by atoms with Crippen LogP contribution >= 0.6 is 11.3 Å². The number of thiophene rings is 1. The van der Waals surface area contributed by atoms with Crippen molar-refractivity contribution >= 4 is 35.2 Å². The number of likely N-dealkylation sites (N-methyl/N-ethyl adjacent to an activating group) is 1. The third-order valence-electron chi connectivity index (χ3n) is 2.21. The molecule has 1 rings (SSSR count). The van der Waals surface area contributed by atoms with Crippen molar-refractivity contribution < 1.29 is 19.5 Å². The second-order valence-electron chi connectivity index (χ2n) is 3.85. The Labute approximate surface area is 114 Å². The third kappa shape index (κ3) is 4.55. The van der Waals surface area contributed by atoms with Crippen LogP contribution in [-0.2, 0) is 9.59 Å². The van der Waals surface area contributed by atoms with Crippen molar-refractivity contribution in [3.8, 4) is 0 Å². The Hall–Kier alpha value is -2.15. The molecule has 6 nitrogen and oxygen atoms in total. The summed E-state index contributed by atoms with van der Waals surface area (Å²) in [5, 5.41) is 12.7. The molecule has 2 amide bonds. The monoisotopic (exact) mass is 282 g/mol. The van der Waals surface area contributed by atoms with Gasteiger partial charge in [-0.15, -0.1) is 11.3 Å². The first kappa shape index (κ1) is 14.9. The van der Waals surface area contributed by atoms with Gasteiger partial charge < -0.3 is 15.3 Å². The number of amides is 2. The Kier molecular flexibility index (Phi) is 5.25. The van der Waals surface area contributed by atoms with Crippen LogP contribution in [0.5, 0.6) is 0 Å². The van der Waals surface area contributed by atoms with Crippen molar-refractivity contribution in [3.05, 3.63) is 28.0 Å². The summed E-state index contributed by atoms with van der Waals surface area (Å²) < 4.78 is 0. The van der Waals surface area contributed by atoms with Crippen molar-refractivity contribution in [2.24, 2.45) is 0 Å². The maximum atomic E-state index is 11.8. The van der Waals surface area contributed by atoms with Crippen molar-refractivity contribution in [2.45, 2.75) is 0 Å². The lowest BCUT2D eigenvalue weighted by Gasteiger charge is -2.10. The fourth-order valence-electron chi connectivity index (χ4n) is 1.19. The van der Waals surface area contributed by atoms with E-state index in [-0.39, 0.29) is 12.5 Å². The van der Waals surface area contributed by atoms with Crippen LogP contribution in [0.15, 0.2) is 17.5 Å². The van der Waals surface area contributed by atoms with E-state index in [9.17, 15) is 14.4 Å². The molecule has 0 saturated heterocycles. The number of nitrogens with zero attached hydrogens (tertiary/aromatic N) is 1. The fraction of sp³-hybridized carbons (Fsp3) is 0.250. The molecule has 102 valence electrons. The van der Waals surface area contributed by atoms with Crippen LogP contribution in [-0.4, -0.2) is 48.4 Å². The van der Waals surface area contributed by atoms with Gasteiger partial charge in [0.1, 0.15) is 0 Å². The lowest BCUT2D eigenvalue weighted by Crippen LogP contribution is -2.36. The smallest absolute Gasteiger partial charge is 0.328 e. The summed E-state index contributed by atoms with van der Waals surface area (Å²) in [5.41, 5.74) is 0.516. The highest BCUT2D eigenvalue weighted by Crippen LogP contribution is 2.18. The molecular weight excluding hydrogens is 268 g/mol. The molecule has 0 aliphatic rings. The summed E-state index contributed by atoms with van der Waals surface area (Å²) in [5.74, 6) is -1.69. The molecular formula is C12H14N2O4S. The van der Waals surface area contributed by atoms with Crippen LogP contribution in [0.3, 0.4) is 0 Å². The molecule has 0 saturated carbocycles. The van der Waals surface area contributed by atoms with Gasteiger partial charge in [-0.05, 0) is 23.1 Å². The summed E-state index contributed by atoms with van der Waals surface area (Å²) in [4.78, 5) is 35.4. The number of aliphatic carboxylic acids is 1. The van der Waals surface area contributed by atoms with Crippen LogP contribution in [0.25, 0.3) is 6.08 Å². The third-order valence-corrected chi connectivity index (χ3v) is 3.14. The van der Waals surface area contributed by atoms with Gasteiger partial charge in [-0.25, -0.2) is 4.79 Å². The number of carboxylic acid groups (broad SMARTS) is 1. The standard InChI is InChI=1S/C12H14N2O4S/c1-14(2)9(15)7-13-12(18)11-8(5-6-19-11)3-4-10(16)17/h3-6H,7H2,1-2H3,(H,13,18)(H,16,17). The van der Waals surface area contributed by atoms with E-state index in [1.54, 1.807) is 25.5 Å². The van der Waals surface area contributed by atoms with Gasteiger partial charge in [0, 0.05) is 20.2 Å². The van der Waals surface area contributed by atoms with Crippen LogP contribution in [0.2, 0.25) is 0 Å². The predicted molar refractivity (Wildman–Crippen MR) is 72.0 cm³/mol. The summed E-state index contributed by atoms with van der Waals surface area (Å²) in [6.07, 6.45) is 2.31. The predicted octanol–water partition coefficient (Wildman–Crippen LogP) is 0.664. The minimum Gasteiger partial charge on any atom is -0.478 e. The van der Waals surface area contributed by atoms with Crippen molar-refractivity contribution in [1.82, 2.24) is 10.2 Å². The Balaban J connectivity index is 2.70. The second-order valence-corrected chi connectivity index (χ2v) is 4.76. The Morgan fingerprint density at radius 3 is 2.68 bits per heavy atom. The largest absolute Gasteiger partial charge is 0.478 e. The molecule has 0 aromatic carbocycles. The highest BCUT2D eigenvalue weighted by atomic mass is 32.1. The van der Waals surface area contributed by atoms with Crippen molar-refractivity contribution in [1.29, 1.82) is 0 Å². The maximum Gasteiger partial charge on any atom is 0.328 e. The van der Waals surface area contributed by atoms with E-state index in [0.29, 0.717) is 10.4 Å². The molecule has 2 N–H and O–H groups in total. The van der Waals surface area contributed by atoms with E-state index in [1.807, 2.05) is 0 Å². The van der Waals surface area contributed by atoms with Gasteiger partial charge in [-0.1, -0.05) is 0 Å². The van der Waals surface area contributed by atoms with Gasteiger partial charge in [0.05, 0.1) is 11.4 Å². The number of carbonyl (C=O) groups excluding carboxylic acids is 2. The van der Waals surface area contributed by atoms with Crippen LogP contribution in [0.1, 0.15) is 15.2 Å². The highest BCUT2D eigenvalue weighted by molar-refractivity contribution is 7.12. The molecule has 0 radical (unpaired) electrons. The Morgan fingerprint density at radius 1 is 1.42 bits per heavy atom. The molecule has 1 aromatic heterocycles. The first-order valence-electron chi connectivity index (χ1n) is 5.38. The zero-order chi connectivity index (χ0) is 14.4. The normalized spacial score (nSPS) is 10.4.